The van der Waals surface area contributed by atoms with Crippen LogP contribution in [0.2, 0.25) is 0 Å². The monoisotopic (exact) mass is 399 g/mol. The zero-order valence-corrected chi connectivity index (χ0v) is 16.9. The van der Waals surface area contributed by atoms with Crippen LogP contribution in [0.4, 0.5) is 0 Å². The minimum Gasteiger partial charge on any atom is -0.493 e. The maximum Gasteiger partial charge on any atom is 0.266 e. The first-order valence-corrected chi connectivity index (χ1v) is 9.95. The number of thioether (sulfide) groups is 1. The Balaban J connectivity index is 1.76. The molecule has 0 radical (unpaired) electrons. The number of carbonyl (C=O) groups is 1. The van der Waals surface area contributed by atoms with E-state index >= 15 is 0 Å². The SMILES string of the molecule is CCCN1C(=O)/C(=C/c2ccc(OCc3ccccc3)c(OC)c2)SC1=S. The molecule has 1 heterocycles. The van der Waals surface area contributed by atoms with E-state index in [2.05, 4.69) is 0 Å². The molecule has 6 heteroatoms. The number of hydrogen-bond acceptors (Lipinski definition) is 5. The van der Waals surface area contributed by atoms with Crippen molar-refractivity contribution < 1.29 is 14.3 Å². The van der Waals surface area contributed by atoms with Gasteiger partial charge in [0.25, 0.3) is 5.91 Å². The number of ether oxygens (including phenoxy) is 2. The summed E-state index contributed by atoms with van der Waals surface area (Å²) in [5.74, 6) is 1.26. The van der Waals surface area contributed by atoms with E-state index in [-0.39, 0.29) is 5.91 Å². The number of carbonyl (C=O) groups excluding carboxylic acids is 1. The Hall–Kier alpha value is -2.31. The molecular formula is C21H21NO3S2. The van der Waals surface area contributed by atoms with Crippen molar-refractivity contribution in [1.82, 2.24) is 4.90 Å². The molecule has 0 N–H and O–H groups in total. The van der Waals surface area contributed by atoms with Crippen molar-refractivity contribution in [2.24, 2.45) is 0 Å². The van der Waals surface area contributed by atoms with E-state index in [9.17, 15) is 4.79 Å². The Morgan fingerprint density at radius 3 is 2.63 bits per heavy atom. The second kappa shape index (κ2) is 9.06. The minimum absolute atomic E-state index is 0.0322. The van der Waals surface area contributed by atoms with Crippen LogP contribution < -0.4 is 9.47 Å². The molecule has 0 unspecified atom stereocenters. The van der Waals surface area contributed by atoms with Gasteiger partial charge in [-0.25, -0.2) is 0 Å². The summed E-state index contributed by atoms with van der Waals surface area (Å²) in [7, 11) is 1.61. The number of amides is 1. The number of benzene rings is 2. The molecule has 1 saturated heterocycles. The number of rotatable bonds is 7. The van der Waals surface area contributed by atoms with Gasteiger partial charge in [0, 0.05) is 6.54 Å². The van der Waals surface area contributed by atoms with Gasteiger partial charge in [0.15, 0.2) is 11.5 Å². The van der Waals surface area contributed by atoms with E-state index in [0.717, 1.165) is 17.5 Å². The maximum absolute atomic E-state index is 12.5. The highest BCUT2D eigenvalue weighted by molar-refractivity contribution is 8.26. The number of methoxy groups -OCH3 is 1. The molecule has 0 saturated carbocycles. The van der Waals surface area contributed by atoms with Crippen molar-refractivity contribution in [3.05, 3.63) is 64.6 Å². The minimum atomic E-state index is -0.0322. The summed E-state index contributed by atoms with van der Waals surface area (Å²) in [6.45, 7) is 3.14. The summed E-state index contributed by atoms with van der Waals surface area (Å²) in [4.78, 5) is 14.8. The van der Waals surface area contributed by atoms with Gasteiger partial charge in [0.2, 0.25) is 0 Å². The quantitative estimate of drug-likeness (QED) is 0.490. The number of thiocarbonyl (C=S) groups is 1. The first-order valence-electron chi connectivity index (χ1n) is 8.72. The van der Waals surface area contributed by atoms with Crippen LogP contribution >= 0.6 is 24.0 Å². The second-order valence-corrected chi connectivity index (χ2v) is 7.69. The third-order valence-corrected chi connectivity index (χ3v) is 5.42. The standard InChI is InChI=1S/C21H21NO3S2/c1-3-11-22-20(23)19(27-21(22)26)13-16-9-10-17(18(12-16)24-2)25-14-15-7-5-4-6-8-15/h4-10,12-13H,3,11,14H2,1-2H3/b19-13-. The lowest BCUT2D eigenvalue weighted by Gasteiger charge is -2.12. The Kier molecular flexibility index (Phi) is 6.53. The lowest BCUT2D eigenvalue weighted by molar-refractivity contribution is -0.122. The summed E-state index contributed by atoms with van der Waals surface area (Å²) < 4.78 is 12.0. The van der Waals surface area contributed by atoms with Gasteiger partial charge >= 0.3 is 0 Å². The molecule has 27 heavy (non-hydrogen) atoms. The van der Waals surface area contributed by atoms with Crippen molar-refractivity contribution in [1.29, 1.82) is 0 Å². The molecule has 0 aliphatic carbocycles. The summed E-state index contributed by atoms with van der Waals surface area (Å²) in [6, 6.07) is 15.6. The van der Waals surface area contributed by atoms with Crippen LogP contribution in [0.1, 0.15) is 24.5 Å². The van der Waals surface area contributed by atoms with Crippen LogP contribution in [0.25, 0.3) is 6.08 Å². The third-order valence-electron chi connectivity index (χ3n) is 4.04. The molecule has 0 spiro atoms. The van der Waals surface area contributed by atoms with Gasteiger partial charge in [0.05, 0.1) is 12.0 Å². The van der Waals surface area contributed by atoms with Crippen LogP contribution in [0, 0.1) is 0 Å². The van der Waals surface area contributed by atoms with Gasteiger partial charge in [-0.05, 0) is 35.8 Å². The van der Waals surface area contributed by atoms with Crippen LogP contribution in [-0.4, -0.2) is 28.8 Å². The van der Waals surface area contributed by atoms with Gasteiger partial charge in [-0.1, -0.05) is 67.3 Å². The van der Waals surface area contributed by atoms with E-state index in [1.165, 1.54) is 11.8 Å². The van der Waals surface area contributed by atoms with Gasteiger partial charge < -0.3 is 9.47 Å². The molecule has 0 bridgehead atoms. The van der Waals surface area contributed by atoms with Crippen molar-refractivity contribution in [3.63, 3.8) is 0 Å². The smallest absolute Gasteiger partial charge is 0.266 e. The number of hydrogen-bond donors (Lipinski definition) is 0. The normalized spacial score (nSPS) is 15.5. The van der Waals surface area contributed by atoms with E-state index < -0.39 is 0 Å². The fraction of sp³-hybridized carbons (Fsp3) is 0.238. The van der Waals surface area contributed by atoms with Crippen LogP contribution in [-0.2, 0) is 11.4 Å². The maximum atomic E-state index is 12.5. The summed E-state index contributed by atoms with van der Waals surface area (Å²) in [6.07, 6.45) is 2.72. The topological polar surface area (TPSA) is 38.8 Å². The third kappa shape index (κ3) is 4.70. The Morgan fingerprint density at radius 2 is 1.93 bits per heavy atom. The van der Waals surface area contributed by atoms with Crippen molar-refractivity contribution >= 4 is 40.3 Å². The molecule has 2 aromatic carbocycles. The average molecular weight is 400 g/mol. The molecule has 4 nitrogen and oxygen atoms in total. The molecule has 1 amide bonds. The first-order chi connectivity index (χ1) is 13.1. The van der Waals surface area contributed by atoms with Crippen LogP contribution in [0.15, 0.2) is 53.4 Å². The zero-order valence-electron chi connectivity index (χ0n) is 15.3. The Bertz CT molecular complexity index is 865. The molecule has 0 atom stereocenters. The van der Waals surface area contributed by atoms with Crippen LogP contribution in [0.3, 0.4) is 0 Å². The fourth-order valence-corrected chi connectivity index (χ4v) is 4.00. The van der Waals surface area contributed by atoms with E-state index in [4.69, 9.17) is 21.7 Å². The molecule has 0 aromatic heterocycles. The first kappa shape index (κ1) is 19.5. The molecule has 3 rings (SSSR count). The highest BCUT2D eigenvalue weighted by atomic mass is 32.2. The summed E-state index contributed by atoms with van der Waals surface area (Å²) in [5, 5.41) is 0. The molecule has 1 aliphatic heterocycles. The van der Waals surface area contributed by atoms with Gasteiger partial charge in [-0.15, -0.1) is 0 Å². The van der Waals surface area contributed by atoms with E-state index in [0.29, 0.717) is 33.9 Å². The highest BCUT2D eigenvalue weighted by Gasteiger charge is 2.31. The van der Waals surface area contributed by atoms with E-state index in [1.54, 1.807) is 12.0 Å². The van der Waals surface area contributed by atoms with Gasteiger partial charge in [-0.2, -0.15) is 0 Å². The predicted octanol–water partition coefficient (Wildman–Crippen LogP) is 4.89. The van der Waals surface area contributed by atoms with Gasteiger partial charge in [-0.3, -0.25) is 9.69 Å². The lowest BCUT2D eigenvalue weighted by Crippen LogP contribution is -2.28. The molecule has 140 valence electrons. The van der Waals surface area contributed by atoms with Crippen molar-refractivity contribution in [2.75, 3.05) is 13.7 Å². The van der Waals surface area contributed by atoms with Crippen molar-refractivity contribution in [3.8, 4) is 11.5 Å². The van der Waals surface area contributed by atoms with E-state index in [1.807, 2.05) is 61.5 Å². The Morgan fingerprint density at radius 1 is 1.15 bits per heavy atom. The predicted molar refractivity (Wildman–Crippen MR) is 114 cm³/mol. The van der Waals surface area contributed by atoms with Crippen LogP contribution in [0.5, 0.6) is 11.5 Å². The van der Waals surface area contributed by atoms with Crippen molar-refractivity contribution in [2.45, 2.75) is 20.0 Å². The fourth-order valence-electron chi connectivity index (χ4n) is 2.70. The molecular weight excluding hydrogens is 378 g/mol. The summed E-state index contributed by atoms with van der Waals surface area (Å²) >= 11 is 6.65. The largest absolute Gasteiger partial charge is 0.493 e. The molecule has 1 fully saturated rings. The Labute approximate surface area is 169 Å². The molecule has 1 aliphatic rings. The summed E-state index contributed by atoms with van der Waals surface area (Å²) in [5.41, 5.74) is 1.96. The zero-order chi connectivity index (χ0) is 19.2. The lowest BCUT2D eigenvalue weighted by atomic mass is 10.1. The number of nitrogens with zero attached hydrogens (tertiary/aromatic N) is 1. The second-order valence-electron chi connectivity index (χ2n) is 6.02. The molecule has 2 aromatic rings. The van der Waals surface area contributed by atoms with Gasteiger partial charge in [0.1, 0.15) is 10.9 Å². The average Bonchev–Trinajstić information content (AvgIpc) is 2.95. The highest BCUT2D eigenvalue weighted by Crippen LogP contribution is 2.35.